The normalized spacial score (nSPS) is 10.3. The molecular formula is C11H6BrIOS. The van der Waals surface area contributed by atoms with Crippen molar-refractivity contribution in [1.29, 1.82) is 0 Å². The molecule has 2 aromatic rings. The van der Waals surface area contributed by atoms with Gasteiger partial charge >= 0.3 is 0 Å². The van der Waals surface area contributed by atoms with Crippen LogP contribution in [-0.4, -0.2) is 5.78 Å². The minimum absolute atomic E-state index is 0.0853. The average molecular weight is 393 g/mol. The monoisotopic (exact) mass is 392 g/mol. The molecule has 0 radical (unpaired) electrons. The number of rotatable bonds is 2. The van der Waals surface area contributed by atoms with Crippen molar-refractivity contribution < 1.29 is 4.79 Å². The average Bonchev–Trinajstić information content (AvgIpc) is 2.65. The first-order valence-corrected chi connectivity index (χ1v) is 6.91. The number of halogens is 2. The highest BCUT2D eigenvalue weighted by Gasteiger charge is 2.10. The van der Waals surface area contributed by atoms with Crippen LogP contribution in [0.3, 0.4) is 0 Å². The SMILES string of the molecule is O=C(c1ccc(I)cc1)c1ccc(Br)s1. The highest BCUT2D eigenvalue weighted by atomic mass is 127. The lowest BCUT2D eigenvalue weighted by Crippen LogP contribution is -1.97. The minimum atomic E-state index is 0.0853. The topological polar surface area (TPSA) is 17.1 Å². The Morgan fingerprint density at radius 1 is 1.13 bits per heavy atom. The van der Waals surface area contributed by atoms with Crippen LogP contribution in [0.1, 0.15) is 15.2 Å². The number of carbonyl (C=O) groups is 1. The van der Waals surface area contributed by atoms with Gasteiger partial charge in [0, 0.05) is 9.13 Å². The predicted octanol–water partition coefficient (Wildman–Crippen LogP) is 4.35. The van der Waals surface area contributed by atoms with Gasteiger partial charge in [0.1, 0.15) is 0 Å². The third-order valence-corrected chi connectivity index (χ3v) is 4.24. The lowest BCUT2D eigenvalue weighted by Gasteiger charge is -1.97. The summed E-state index contributed by atoms with van der Waals surface area (Å²) in [6, 6.07) is 11.3. The Balaban J connectivity index is 2.32. The van der Waals surface area contributed by atoms with Crippen LogP contribution in [-0.2, 0) is 0 Å². The largest absolute Gasteiger partial charge is 0.288 e. The molecule has 0 saturated carbocycles. The Labute approximate surface area is 114 Å². The van der Waals surface area contributed by atoms with E-state index < -0.39 is 0 Å². The molecule has 0 bridgehead atoms. The van der Waals surface area contributed by atoms with Gasteiger partial charge in [0.15, 0.2) is 0 Å². The Kier molecular flexibility index (Phi) is 3.58. The summed E-state index contributed by atoms with van der Waals surface area (Å²) < 4.78 is 2.12. The molecule has 0 aliphatic carbocycles. The maximum atomic E-state index is 12.0. The molecule has 0 aliphatic rings. The summed E-state index contributed by atoms with van der Waals surface area (Å²) in [4.78, 5) is 12.7. The summed E-state index contributed by atoms with van der Waals surface area (Å²) in [6.07, 6.45) is 0. The summed E-state index contributed by atoms with van der Waals surface area (Å²) in [6.45, 7) is 0. The molecule has 0 atom stereocenters. The quantitative estimate of drug-likeness (QED) is 0.548. The van der Waals surface area contributed by atoms with Gasteiger partial charge in [-0.1, -0.05) is 0 Å². The van der Waals surface area contributed by atoms with E-state index in [1.165, 1.54) is 11.3 Å². The van der Waals surface area contributed by atoms with Crippen LogP contribution in [0.5, 0.6) is 0 Å². The smallest absolute Gasteiger partial charge is 0.202 e. The van der Waals surface area contributed by atoms with Crippen LogP contribution in [0.25, 0.3) is 0 Å². The molecule has 15 heavy (non-hydrogen) atoms. The van der Waals surface area contributed by atoms with Crippen molar-refractivity contribution in [2.24, 2.45) is 0 Å². The van der Waals surface area contributed by atoms with Gasteiger partial charge in [-0.3, -0.25) is 4.79 Å². The summed E-state index contributed by atoms with van der Waals surface area (Å²) in [5.41, 5.74) is 0.741. The Bertz CT molecular complexity index is 490. The van der Waals surface area contributed by atoms with Crippen molar-refractivity contribution in [2.45, 2.75) is 0 Å². The number of carbonyl (C=O) groups excluding carboxylic acids is 1. The molecule has 0 spiro atoms. The third-order valence-electron chi connectivity index (χ3n) is 1.90. The van der Waals surface area contributed by atoms with E-state index in [9.17, 15) is 4.79 Å². The first-order valence-electron chi connectivity index (χ1n) is 4.22. The van der Waals surface area contributed by atoms with Crippen molar-refractivity contribution in [3.63, 3.8) is 0 Å². The predicted molar refractivity (Wildman–Crippen MR) is 74.6 cm³/mol. The van der Waals surface area contributed by atoms with Crippen molar-refractivity contribution >= 4 is 55.6 Å². The zero-order valence-electron chi connectivity index (χ0n) is 7.54. The Morgan fingerprint density at radius 2 is 1.80 bits per heavy atom. The second kappa shape index (κ2) is 4.76. The van der Waals surface area contributed by atoms with E-state index in [-0.39, 0.29) is 5.78 Å². The zero-order chi connectivity index (χ0) is 10.8. The Hall–Kier alpha value is -0.200. The van der Waals surface area contributed by atoms with Gasteiger partial charge in [-0.25, -0.2) is 0 Å². The number of hydrogen-bond acceptors (Lipinski definition) is 2. The molecule has 1 nitrogen and oxygen atoms in total. The van der Waals surface area contributed by atoms with Crippen LogP contribution in [0.15, 0.2) is 40.2 Å². The zero-order valence-corrected chi connectivity index (χ0v) is 12.1. The van der Waals surface area contributed by atoms with E-state index in [0.29, 0.717) is 0 Å². The maximum Gasteiger partial charge on any atom is 0.202 e. The van der Waals surface area contributed by atoms with Gasteiger partial charge in [0.05, 0.1) is 8.66 Å². The first-order chi connectivity index (χ1) is 7.16. The number of benzene rings is 1. The number of hydrogen-bond donors (Lipinski definition) is 0. The van der Waals surface area contributed by atoms with Crippen molar-refractivity contribution in [3.8, 4) is 0 Å². The van der Waals surface area contributed by atoms with Crippen molar-refractivity contribution in [2.75, 3.05) is 0 Å². The van der Waals surface area contributed by atoms with Crippen LogP contribution in [0, 0.1) is 3.57 Å². The molecule has 1 heterocycles. The number of ketones is 1. The summed E-state index contributed by atoms with van der Waals surface area (Å²) >= 11 is 7.03. The van der Waals surface area contributed by atoms with E-state index in [1.54, 1.807) is 0 Å². The van der Waals surface area contributed by atoms with Gasteiger partial charge in [0.25, 0.3) is 0 Å². The second-order valence-corrected chi connectivity index (χ2v) is 6.65. The van der Waals surface area contributed by atoms with Gasteiger partial charge in [-0.2, -0.15) is 0 Å². The number of thiophene rings is 1. The molecule has 1 aromatic carbocycles. The van der Waals surface area contributed by atoms with E-state index >= 15 is 0 Å². The van der Waals surface area contributed by atoms with Crippen molar-refractivity contribution in [3.05, 3.63) is 54.2 Å². The third kappa shape index (κ3) is 2.68. The van der Waals surface area contributed by atoms with E-state index in [1.807, 2.05) is 36.4 Å². The fourth-order valence-electron chi connectivity index (χ4n) is 1.18. The van der Waals surface area contributed by atoms with Crippen LogP contribution < -0.4 is 0 Å². The molecule has 2 rings (SSSR count). The van der Waals surface area contributed by atoms with Gasteiger partial charge in [0.2, 0.25) is 5.78 Å². The first kappa shape index (κ1) is 11.3. The molecular weight excluding hydrogens is 387 g/mol. The fourth-order valence-corrected chi connectivity index (χ4v) is 2.89. The van der Waals surface area contributed by atoms with Crippen molar-refractivity contribution in [1.82, 2.24) is 0 Å². The van der Waals surface area contributed by atoms with Crippen LogP contribution >= 0.6 is 49.9 Å². The van der Waals surface area contributed by atoms with Crippen LogP contribution in [0.4, 0.5) is 0 Å². The molecule has 0 N–H and O–H groups in total. The van der Waals surface area contributed by atoms with E-state index in [0.717, 1.165) is 17.8 Å². The highest BCUT2D eigenvalue weighted by Crippen LogP contribution is 2.24. The summed E-state index contributed by atoms with van der Waals surface area (Å²) in [5, 5.41) is 0. The molecule has 0 amide bonds. The van der Waals surface area contributed by atoms with Gasteiger partial charge in [-0.15, -0.1) is 11.3 Å². The molecule has 0 aliphatic heterocycles. The van der Waals surface area contributed by atoms with E-state index in [4.69, 9.17) is 0 Å². The van der Waals surface area contributed by atoms with Gasteiger partial charge in [-0.05, 0) is 74.9 Å². The molecule has 0 unspecified atom stereocenters. The molecule has 0 fully saturated rings. The highest BCUT2D eigenvalue weighted by molar-refractivity contribution is 14.1. The lowest BCUT2D eigenvalue weighted by molar-refractivity contribution is 0.104. The minimum Gasteiger partial charge on any atom is -0.288 e. The second-order valence-electron chi connectivity index (χ2n) is 2.94. The standard InChI is InChI=1S/C11H6BrIOS/c12-10-6-5-9(15-10)11(14)7-1-3-8(13)4-2-7/h1-6H. The van der Waals surface area contributed by atoms with Crippen LogP contribution in [0.2, 0.25) is 0 Å². The molecule has 76 valence electrons. The lowest BCUT2D eigenvalue weighted by atomic mass is 10.1. The van der Waals surface area contributed by atoms with Gasteiger partial charge < -0.3 is 0 Å². The van der Waals surface area contributed by atoms with E-state index in [2.05, 4.69) is 38.5 Å². The summed E-state index contributed by atoms with van der Waals surface area (Å²) in [5.74, 6) is 0.0853. The molecule has 4 heteroatoms. The fraction of sp³-hybridized carbons (Fsp3) is 0. The Morgan fingerprint density at radius 3 is 2.33 bits per heavy atom. The molecule has 0 saturated heterocycles. The summed E-state index contributed by atoms with van der Waals surface area (Å²) in [7, 11) is 0. The molecule has 1 aromatic heterocycles. The maximum absolute atomic E-state index is 12.0.